The molecule has 16 heavy (non-hydrogen) atoms. The maximum absolute atomic E-state index is 10.9. The van der Waals surface area contributed by atoms with Crippen molar-refractivity contribution in [3.05, 3.63) is 46.3 Å². The van der Waals surface area contributed by atoms with Crippen LogP contribution in [0.15, 0.2) is 39.5 Å². The van der Waals surface area contributed by atoms with E-state index in [0.717, 1.165) is 10.9 Å². The summed E-state index contributed by atoms with van der Waals surface area (Å²) in [7, 11) is 0. The van der Waals surface area contributed by atoms with Crippen molar-refractivity contribution in [2.45, 2.75) is 33.6 Å². The first kappa shape index (κ1) is 12.5. The zero-order chi connectivity index (χ0) is 12.0. The molecule has 2 aromatic rings. The second-order valence-electron chi connectivity index (χ2n) is 3.74. The largest absolute Gasteiger partial charge is 0.423 e. The van der Waals surface area contributed by atoms with Gasteiger partial charge in [-0.25, -0.2) is 4.79 Å². The minimum Gasteiger partial charge on any atom is -0.423 e. The van der Waals surface area contributed by atoms with Crippen molar-refractivity contribution in [3.8, 4) is 0 Å². The molecule has 0 radical (unpaired) electrons. The molecule has 86 valence electrons. The zero-order valence-corrected chi connectivity index (χ0v) is 10.1. The van der Waals surface area contributed by atoms with E-state index in [1.165, 1.54) is 18.9 Å². The highest BCUT2D eigenvalue weighted by atomic mass is 16.4. The topological polar surface area (TPSA) is 30.2 Å². The van der Waals surface area contributed by atoms with Crippen molar-refractivity contribution in [2.24, 2.45) is 0 Å². The fourth-order valence-corrected chi connectivity index (χ4v) is 1.27. The van der Waals surface area contributed by atoms with Gasteiger partial charge in [0.25, 0.3) is 0 Å². The van der Waals surface area contributed by atoms with Crippen LogP contribution < -0.4 is 5.63 Å². The summed E-state index contributed by atoms with van der Waals surface area (Å²) in [6.45, 7) is 6.26. The van der Waals surface area contributed by atoms with Gasteiger partial charge in [0.2, 0.25) is 0 Å². The Bertz CT molecular complexity index is 495. The van der Waals surface area contributed by atoms with E-state index in [1.54, 1.807) is 6.07 Å². The van der Waals surface area contributed by atoms with Crippen molar-refractivity contribution >= 4 is 11.0 Å². The SMILES string of the molecule is CCCC.Cc1cc(=O)oc2ccccc12. The molecule has 0 N–H and O–H groups in total. The number of fused-ring (bicyclic) bond motifs is 1. The Balaban J connectivity index is 0.000000280. The number of unbranched alkanes of at least 4 members (excludes halogenated alkanes) is 1. The van der Waals surface area contributed by atoms with Gasteiger partial charge in [-0.05, 0) is 18.6 Å². The van der Waals surface area contributed by atoms with Crippen LogP contribution in [0.25, 0.3) is 11.0 Å². The van der Waals surface area contributed by atoms with Gasteiger partial charge in [-0.3, -0.25) is 0 Å². The highest BCUT2D eigenvalue weighted by Gasteiger charge is 1.98. The van der Waals surface area contributed by atoms with E-state index in [4.69, 9.17) is 4.42 Å². The Morgan fingerprint density at radius 3 is 2.38 bits per heavy atom. The Labute approximate surface area is 95.9 Å². The number of aryl methyl sites for hydroxylation is 1. The van der Waals surface area contributed by atoms with E-state index >= 15 is 0 Å². The summed E-state index contributed by atoms with van der Waals surface area (Å²) < 4.78 is 4.99. The number of hydrogen-bond donors (Lipinski definition) is 0. The van der Waals surface area contributed by atoms with E-state index in [0.29, 0.717) is 5.58 Å². The maximum atomic E-state index is 10.9. The first-order valence-electron chi connectivity index (χ1n) is 5.68. The third-order valence-corrected chi connectivity index (χ3v) is 2.36. The molecule has 0 unspecified atom stereocenters. The molecule has 1 aromatic heterocycles. The normalized spacial score (nSPS) is 9.69. The Morgan fingerprint density at radius 1 is 1.12 bits per heavy atom. The molecule has 0 fully saturated rings. The second kappa shape index (κ2) is 6.11. The van der Waals surface area contributed by atoms with E-state index in [9.17, 15) is 4.79 Å². The number of rotatable bonds is 1. The maximum Gasteiger partial charge on any atom is 0.336 e. The monoisotopic (exact) mass is 218 g/mol. The van der Waals surface area contributed by atoms with Crippen LogP contribution in [0.1, 0.15) is 32.3 Å². The summed E-state index contributed by atoms with van der Waals surface area (Å²) >= 11 is 0. The summed E-state index contributed by atoms with van der Waals surface area (Å²) in [5.74, 6) is 0. The first-order chi connectivity index (χ1) is 7.69. The molecule has 0 amide bonds. The van der Waals surface area contributed by atoms with Crippen LogP contribution in [-0.2, 0) is 0 Å². The van der Waals surface area contributed by atoms with Crippen LogP contribution in [0.3, 0.4) is 0 Å². The smallest absolute Gasteiger partial charge is 0.336 e. The third-order valence-electron chi connectivity index (χ3n) is 2.36. The Kier molecular flexibility index (Phi) is 4.77. The van der Waals surface area contributed by atoms with Gasteiger partial charge in [0, 0.05) is 11.5 Å². The molecule has 2 heteroatoms. The molecule has 0 atom stereocenters. The van der Waals surface area contributed by atoms with Crippen molar-refractivity contribution in [1.82, 2.24) is 0 Å². The summed E-state index contributed by atoms with van der Waals surface area (Å²) in [6, 6.07) is 9.01. The summed E-state index contributed by atoms with van der Waals surface area (Å²) in [5.41, 5.74) is 1.33. The highest BCUT2D eigenvalue weighted by Crippen LogP contribution is 2.14. The second-order valence-corrected chi connectivity index (χ2v) is 3.74. The number of para-hydroxylation sites is 1. The van der Waals surface area contributed by atoms with Gasteiger partial charge in [0.05, 0.1) is 0 Å². The fourth-order valence-electron chi connectivity index (χ4n) is 1.27. The highest BCUT2D eigenvalue weighted by molar-refractivity contribution is 5.79. The molecular weight excluding hydrogens is 200 g/mol. The average Bonchev–Trinajstić information content (AvgIpc) is 2.29. The predicted octanol–water partition coefficient (Wildman–Crippen LogP) is 3.91. The van der Waals surface area contributed by atoms with E-state index in [1.807, 2.05) is 25.1 Å². The molecule has 0 spiro atoms. The van der Waals surface area contributed by atoms with Crippen molar-refractivity contribution in [1.29, 1.82) is 0 Å². The van der Waals surface area contributed by atoms with E-state index in [2.05, 4.69) is 13.8 Å². The lowest BCUT2D eigenvalue weighted by atomic mass is 10.1. The van der Waals surface area contributed by atoms with E-state index < -0.39 is 0 Å². The number of hydrogen-bond acceptors (Lipinski definition) is 2. The first-order valence-corrected chi connectivity index (χ1v) is 5.68. The van der Waals surface area contributed by atoms with Crippen LogP contribution in [0, 0.1) is 6.92 Å². The van der Waals surface area contributed by atoms with Gasteiger partial charge in [0.1, 0.15) is 5.58 Å². The molecule has 0 aliphatic heterocycles. The lowest BCUT2D eigenvalue weighted by molar-refractivity contribution is 0.560. The molecule has 2 rings (SSSR count). The number of benzene rings is 1. The minimum absolute atomic E-state index is 0.286. The fraction of sp³-hybridized carbons (Fsp3) is 0.357. The molecule has 0 aliphatic rings. The van der Waals surface area contributed by atoms with Crippen LogP contribution in [0.2, 0.25) is 0 Å². The Morgan fingerprint density at radius 2 is 1.75 bits per heavy atom. The van der Waals surface area contributed by atoms with Gasteiger partial charge in [-0.2, -0.15) is 0 Å². The molecule has 0 saturated heterocycles. The van der Waals surface area contributed by atoms with Crippen LogP contribution in [0.5, 0.6) is 0 Å². The van der Waals surface area contributed by atoms with Gasteiger partial charge >= 0.3 is 5.63 Å². The summed E-state index contributed by atoms with van der Waals surface area (Å²) in [6.07, 6.45) is 2.64. The zero-order valence-electron chi connectivity index (χ0n) is 10.1. The summed E-state index contributed by atoms with van der Waals surface area (Å²) in [5, 5.41) is 0.997. The van der Waals surface area contributed by atoms with Gasteiger partial charge in [-0.15, -0.1) is 0 Å². The van der Waals surface area contributed by atoms with Gasteiger partial charge in [0.15, 0.2) is 0 Å². The van der Waals surface area contributed by atoms with Crippen LogP contribution in [0.4, 0.5) is 0 Å². The molecule has 1 heterocycles. The van der Waals surface area contributed by atoms with Crippen LogP contribution >= 0.6 is 0 Å². The quantitative estimate of drug-likeness (QED) is 0.679. The summed E-state index contributed by atoms with van der Waals surface area (Å²) in [4.78, 5) is 10.9. The average molecular weight is 218 g/mol. The third kappa shape index (κ3) is 3.23. The molecule has 0 saturated carbocycles. The lowest BCUT2D eigenvalue weighted by Gasteiger charge is -1.97. The van der Waals surface area contributed by atoms with Crippen molar-refractivity contribution in [3.63, 3.8) is 0 Å². The molecule has 2 nitrogen and oxygen atoms in total. The van der Waals surface area contributed by atoms with Crippen molar-refractivity contribution < 1.29 is 4.42 Å². The van der Waals surface area contributed by atoms with Gasteiger partial charge in [-0.1, -0.05) is 44.9 Å². The molecule has 0 aliphatic carbocycles. The molecule has 1 aromatic carbocycles. The van der Waals surface area contributed by atoms with E-state index in [-0.39, 0.29) is 5.63 Å². The molecule has 0 bridgehead atoms. The molecular formula is C14H18O2. The Hall–Kier alpha value is -1.57. The van der Waals surface area contributed by atoms with Crippen molar-refractivity contribution in [2.75, 3.05) is 0 Å². The standard InChI is InChI=1S/C10H8O2.C4H10/c1-7-6-10(11)12-9-5-3-2-4-8(7)9;1-3-4-2/h2-6H,1H3;3-4H2,1-2H3. The van der Waals surface area contributed by atoms with Gasteiger partial charge < -0.3 is 4.42 Å². The van der Waals surface area contributed by atoms with Crippen LogP contribution in [-0.4, -0.2) is 0 Å². The lowest BCUT2D eigenvalue weighted by Crippen LogP contribution is -1.97. The minimum atomic E-state index is -0.286. The predicted molar refractivity (Wildman–Crippen MR) is 67.8 cm³/mol.